The van der Waals surface area contributed by atoms with Crippen LogP contribution in [0.2, 0.25) is 0 Å². The van der Waals surface area contributed by atoms with Gasteiger partial charge in [-0.1, -0.05) is 12.1 Å². The molecule has 0 radical (unpaired) electrons. The predicted octanol–water partition coefficient (Wildman–Crippen LogP) is 5.24. The number of hydrogen-bond donors (Lipinski definition) is 2. The van der Waals surface area contributed by atoms with Crippen molar-refractivity contribution in [2.24, 2.45) is 0 Å². The summed E-state index contributed by atoms with van der Waals surface area (Å²) in [7, 11) is 4.50. The van der Waals surface area contributed by atoms with E-state index in [1.807, 2.05) is 43.3 Å². The Morgan fingerprint density at radius 3 is 2.47 bits per heavy atom. The molecule has 2 heterocycles. The number of piperidine rings is 1. The number of ether oxygens (including phenoxy) is 4. The molecule has 0 saturated carbocycles. The van der Waals surface area contributed by atoms with Gasteiger partial charge in [0.25, 0.3) is 5.91 Å². The molecule has 4 aromatic rings. The quantitative estimate of drug-likeness (QED) is 0.230. The molecule has 2 amide bonds. The van der Waals surface area contributed by atoms with E-state index in [2.05, 4.69) is 20.3 Å². The zero-order valence-electron chi connectivity index (χ0n) is 25.8. The highest BCUT2D eigenvalue weighted by atomic mass is 16.5. The van der Waals surface area contributed by atoms with Crippen molar-refractivity contribution in [3.05, 3.63) is 82.2 Å². The number of benzene rings is 3. The number of methoxy groups -OCH3 is 3. The molecule has 2 N–H and O–H groups in total. The molecule has 0 unspecified atom stereocenters. The Kier molecular flexibility index (Phi) is 9.89. The minimum atomic E-state index is -0.661. The van der Waals surface area contributed by atoms with Crippen LogP contribution in [0.1, 0.15) is 28.8 Å². The Bertz CT molecular complexity index is 1740. The van der Waals surface area contributed by atoms with E-state index in [0.29, 0.717) is 51.5 Å². The Hall–Kier alpha value is -5.03. The normalized spacial score (nSPS) is 13.7. The van der Waals surface area contributed by atoms with Crippen molar-refractivity contribution in [2.75, 3.05) is 52.8 Å². The standard InChI is InChI=1S/C34H37N3O8/c1-21-29(44-25-12-15-37(16-13-25)17-14-35-34(40)43-4)10-8-23-20-28(33(39)45-31(21)23)36-32(38)24-9-11-30(42-3)27(19-24)22-6-5-7-26(18-22)41-2/h5-11,18-20,25H,12-17H2,1-4H3,(H,35,40)(H,36,38). The summed E-state index contributed by atoms with van der Waals surface area (Å²) < 4.78 is 27.5. The minimum Gasteiger partial charge on any atom is -0.497 e. The van der Waals surface area contributed by atoms with Crippen molar-refractivity contribution in [3.8, 4) is 28.4 Å². The van der Waals surface area contributed by atoms with Crippen LogP contribution in [-0.2, 0) is 4.74 Å². The van der Waals surface area contributed by atoms with Crippen LogP contribution in [0.5, 0.6) is 17.2 Å². The van der Waals surface area contributed by atoms with Gasteiger partial charge < -0.3 is 38.9 Å². The number of carbonyl (C=O) groups is 2. The molecule has 0 atom stereocenters. The van der Waals surface area contributed by atoms with Gasteiger partial charge in [-0.3, -0.25) is 4.79 Å². The zero-order valence-corrected chi connectivity index (χ0v) is 25.8. The molecule has 1 saturated heterocycles. The van der Waals surface area contributed by atoms with Crippen LogP contribution in [-0.4, -0.2) is 70.5 Å². The fourth-order valence-electron chi connectivity index (χ4n) is 5.40. The second-order valence-electron chi connectivity index (χ2n) is 10.7. The lowest BCUT2D eigenvalue weighted by molar-refractivity contribution is 0.0997. The Balaban J connectivity index is 1.27. The van der Waals surface area contributed by atoms with Crippen molar-refractivity contribution >= 4 is 28.7 Å². The van der Waals surface area contributed by atoms with Gasteiger partial charge in [-0.15, -0.1) is 0 Å². The number of amides is 2. The summed E-state index contributed by atoms with van der Waals surface area (Å²) in [6.45, 7) is 4.79. The number of likely N-dealkylation sites (tertiary alicyclic amines) is 1. The number of aryl methyl sites for hydroxylation is 1. The SMILES string of the molecule is COC(=O)NCCN1CCC(Oc2ccc3cc(NC(=O)c4ccc(OC)c(-c5cccc(OC)c5)c4)c(=O)oc3c2C)CC1. The Labute approximate surface area is 261 Å². The average molecular weight is 616 g/mol. The summed E-state index contributed by atoms with van der Waals surface area (Å²) in [6, 6.07) is 17.8. The lowest BCUT2D eigenvalue weighted by Crippen LogP contribution is -2.42. The maximum Gasteiger partial charge on any atom is 0.406 e. The molecule has 1 aromatic heterocycles. The van der Waals surface area contributed by atoms with Gasteiger partial charge >= 0.3 is 11.7 Å². The van der Waals surface area contributed by atoms with E-state index in [1.54, 1.807) is 38.5 Å². The molecule has 3 aromatic carbocycles. The summed E-state index contributed by atoms with van der Waals surface area (Å²) in [6.07, 6.45) is 1.24. The highest BCUT2D eigenvalue weighted by Gasteiger charge is 2.22. The van der Waals surface area contributed by atoms with Gasteiger partial charge in [-0.2, -0.15) is 0 Å². The summed E-state index contributed by atoms with van der Waals surface area (Å²) in [5, 5.41) is 6.07. The second-order valence-corrected chi connectivity index (χ2v) is 10.7. The first kappa shape index (κ1) is 31.4. The highest BCUT2D eigenvalue weighted by Crippen LogP contribution is 2.34. The molecule has 1 fully saturated rings. The minimum absolute atomic E-state index is 0.0163. The van der Waals surface area contributed by atoms with Gasteiger partial charge in [-0.05, 0) is 73.9 Å². The van der Waals surface area contributed by atoms with Gasteiger partial charge in [0.2, 0.25) is 0 Å². The largest absolute Gasteiger partial charge is 0.497 e. The van der Waals surface area contributed by atoms with Gasteiger partial charge in [0.15, 0.2) is 0 Å². The first-order valence-electron chi connectivity index (χ1n) is 14.7. The molecule has 0 bridgehead atoms. The summed E-state index contributed by atoms with van der Waals surface area (Å²) in [5.41, 5.74) is 2.37. The number of alkyl carbamates (subject to hydrolysis) is 1. The maximum absolute atomic E-state index is 13.3. The molecular weight excluding hydrogens is 578 g/mol. The summed E-state index contributed by atoms with van der Waals surface area (Å²) >= 11 is 0. The van der Waals surface area contributed by atoms with Crippen LogP contribution in [0.15, 0.2) is 69.9 Å². The van der Waals surface area contributed by atoms with E-state index in [-0.39, 0.29) is 11.8 Å². The first-order valence-corrected chi connectivity index (χ1v) is 14.7. The number of anilines is 1. The Morgan fingerprint density at radius 1 is 0.956 bits per heavy atom. The molecule has 45 heavy (non-hydrogen) atoms. The number of fused-ring (bicyclic) bond motifs is 1. The van der Waals surface area contributed by atoms with E-state index in [4.69, 9.17) is 18.6 Å². The number of carbonyl (C=O) groups excluding carboxylic acids is 2. The molecule has 0 aliphatic carbocycles. The smallest absolute Gasteiger partial charge is 0.406 e. The van der Waals surface area contributed by atoms with E-state index < -0.39 is 17.6 Å². The fourth-order valence-corrected chi connectivity index (χ4v) is 5.40. The predicted molar refractivity (Wildman–Crippen MR) is 171 cm³/mol. The number of nitrogens with one attached hydrogen (secondary N) is 2. The van der Waals surface area contributed by atoms with Crippen molar-refractivity contribution in [3.63, 3.8) is 0 Å². The highest BCUT2D eigenvalue weighted by molar-refractivity contribution is 6.05. The van der Waals surface area contributed by atoms with Crippen molar-refractivity contribution in [1.29, 1.82) is 0 Å². The van der Waals surface area contributed by atoms with Crippen LogP contribution in [0.25, 0.3) is 22.1 Å². The van der Waals surface area contributed by atoms with Crippen LogP contribution >= 0.6 is 0 Å². The maximum atomic E-state index is 13.3. The van der Waals surface area contributed by atoms with Crippen molar-refractivity contribution in [1.82, 2.24) is 10.2 Å². The Morgan fingerprint density at radius 2 is 1.73 bits per heavy atom. The average Bonchev–Trinajstić information content (AvgIpc) is 3.07. The molecule has 11 nitrogen and oxygen atoms in total. The second kappa shape index (κ2) is 14.2. The number of rotatable bonds is 10. The van der Waals surface area contributed by atoms with Crippen LogP contribution < -0.4 is 30.5 Å². The van der Waals surface area contributed by atoms with Gasteiger partial charge in [0.05, 0.1) is 21.3 Å². The molecule has 5 rings (SSSR count). The lowest BCUT2D eigenvalue weighted by atomic mass is 10.0. The van der Waals surface area contributed by atoms with Gasteiger partial charge in [0, 0.05) is 48.3 Å². The van der Waals surface area contributed by atoms with E-state index in [9.17, 15) is 14.4 Å². The van der Waals surface area contributed by atoms with Crippen LogP contribution in [0.3, 0.4) is 0 Å². The number of nitrogens with zero attached hydrogens (tertiary/aromatic N) is 1. The fraction of sp³-hybridized carbons (Fsp3) is 0.324. The van der Waals surface area contributed by atoms with Crippen LogP contribution in [0, 0.1) is 6.92 Å². The third kappa shape index (κ3) is 7.38. The summed E-state index contributed by atoms with van der Waals surface area (Å²) in [4.78, 5) is 39.8. The molecule has 0 spiro atoms. The van der Waals surface area contributed by atoms with Crippen molar-refractivity contribution < 1.29 is 33.0 Å². The van der Waals surface area contributed by atoms with Gasteiger partial charge in [0.1, 0.15) is 34.6 Å². The van der Waals surface area contributed by atoms with E-state index >= 15 is 0 Å². The monoisotopic (exact) mass is 615 g/mol. The van der Waals surface area contributed by atoms with E-state index in [0.717, 1.165) is 38.0 Å². The molecular formula is C34H37N3O8. The topological polar surface area (TPSA) is 129 Å². The molecule has 11 heteroatoms. The summed E-state index contributed by atoms with van der Waals surface area (Å²) in [5.74, 6) is 1.46. The number of hydrogen-bond acceptors (Lipinski definition) is 9. The third-order valence-corrected chi connectivity index (χ3v) is 7.90. The molecule has 1 aliphatic heterocycles. The lowest BCUT2D eigenvalue weighted by Gasteiger charge is -2.32. The van der Waals surface area contributed by atoms with E-state index in [1.165, 1.54) is 7.11 Å². The third-order valence-electron chi connectivity index (χ3n) is 7.90. The molecule has 1 aliphatic rings. The first-order chi connectivity index (χ1) is 21.8. The molecule has 236 valence electrons. The zero-order chi connectivity index (χ0) is 31.9. The van der Waals surface area contributed by atoms with Crippen LogP contribution in [0.4, 0.5) is 10.5 Å². The van der Waals surface area contributed by atoms with Gasteiger partial charge in [-0.25, -0.2) is 9.59 Å². The van der Waals surface area contributed by atoms with Crippen molar-refractivity contribution in [2.45, 2.75) is 25.9 Å².